The van der Waals surface area contributed by atoms with Crippen molar-refractivity contribution in [3.8, 4) is 12.1 Å². The van der Waals surface area contributed by atoms with E-state index >= 15 is 0 Å². The summed E-state index contributed by atoms with van der Waals surface area (Å²) in [6, 6.07) is 7.92. The van der Waals surface area contributed by atoms with E-state index in [1.54, 1.807) is 30.3 Å². The summed E-state index contributed by atoms with van der Waals surface area (Å²) in [6.07, 6.45) is 0. The van der Waals surface area contributed by atoms with Crippen LogP contribution < -0.4 is 10.7 Å². The van der Waals surface area contributed by atoms with Crippen LogP contribution in [0.15, 0.2) is 23.3 Å². The molecule has 1 aromatic carbocycles. The Bertz CT molecular complexity index is 566. The fraction of sp³-hybridized carbons (Fsp3) is 0.0909. The fourth-order valence-corrected chi connectivity index (χ4v) is 1.24. The molecule has 0 unspecified atom stereocenters. The van der Waals surface area contributed by atoms with Gasteiger partial charge in [-0.1, -0.05) is 11.6 Å². The van der Waals surface area contributed by atoms with Crippen LogP contribution in [0.4, 0.5) is 11.4 Å². The Morgan fingerprint density at radius 1 is 1.39 bits per heavy atom. The first-order valence-corrected chi connectivity index (χ1v) is 5.15. The summed E-state index contributed by atoms with van der Waals surface area (Å²) in [6.45, 7) is 1.38. The van der Waals surface area contributed by atoms with E-state index in [-0.39, 0.29) is 11.6 Å². The fourth-order valence-electron chi connectivity index (χ4n) is 1.08. The second-order valence-electron chi connectivity index (χ2n) is 3.17. The van der Waals surface area contributed by atoms with Crippen LogP contribution in [0.1, 0.15) is 6.92 Å². The predicted octanol–water partition coefficient (Wildman–Crippen LogP) is 2.11. The summed E-state index contributed by atoms with van der Waals surface area (Å²) in [4.78, 5) is 10.9. The molecule has 0 fully saturated rings. The monoisotopic (exact) mass is 261 g/mol. The highest BCUT2D eigenvalue weighted by atomic mass is 35.5. The van der Waals surface area contributed by atoms with Crippen molar-refractivity contribution in [2.24, 2.45) is 5.10 Å². The first-order chi connectivity index (χ1) is 8.56. The number of benzene rings is 1. The molecule has 0 spiro atoms. The number of hydrazone groups is 1. The minimum atomic E-state index is -0.323. The van der Waals surface area contributed by atoms with Crippen LogP contribution in [0.5, 0.6) is 0 Å². The maximum Gasteiger partial charge on any atom is 0.237 e. The molecule has 0 saturated heterocycles. The van der Waals surface area contributed by atoms with Crippen LogP contribution in [-0.4, -0.2) is 11.6 Å². The lowest BCUT2D eigenvalue weighted by Gasteiger charge is -2.07. The van der Waals surface area contributed by atoms with Gasteiger partial charge in [-0.2, -0.15) is 15.6 Å². The number of anilines is 2. The molecule has 1 aromatic rings. The first-order valence-electron chi connectivity index (χ1n) is 4.78. The molecule has 1 rings (SSSR count). The quantitative estimate of drug-likeness (QED) is 0.643. The highest BCUT2D eigenvalue weighted by Crippen LogP contribution is 2.25. The zero-order chi connectivity index (χ0) is 13.5. The zero-order valence-electron chi connectivity index (χ0n) is 9.36. The minimum Gasteiger partial charge on any atom is -0.326 e. The van der Waals surface area contributed by atoms with E-state index in [0.29, 0.717) is 16.4 Å². The number of amides is 1. The van der Waals surface area contributed by atoms with Gasteiger partial charge >= 0.3 is 0 Å². The maximum absolute atomic E-state index is 10.9. The standard InChI is InChI=1S/C11H8ClN5O/c1-7(18)15-8-2-3-10(12)11(4-8)17-16-9(5-13)6-14/h2-4,17H,1H3,(H,15,18). The van der Waals surface area contributed by atoms with Crippen molar-refractivity contribution in [2.45, 2.75) is 6.92 Å². The van der Waals surface area contributed by atoms with Gasteiger partial charge in [0.15, 0.2) is 0 Å². The number of halogens is 1. The molecule has 0 saturated carbocycles. The minimum absolute atomic E-state index is 0.221. The molecule has 7 heteroatoms. The van der Waals surface area contributed by atoms with Crippen LogP contribution in [-0.2, 0) is 4.79 Å². The highest BCUT2D eigenvalue weighted by Gasteiger charge is 2.03. The number of hydrogen-bond donors (Lipinski definition) is 2. The number of carbonyl (C=O) groups is 1. The van der Waals surface area contributed by atoms with Crippen LogP contribution in [0, 0.1) is 22.7 Å². The van der Waals surface area contributed by atoms with Gasteiger partial charge in [0, 0.05) is 12.6 Å². The summed E-state index contributed by atoms with van der Waals surface area (Å²) >= 11 is 5.89. The van der Waals surface area contributed by atoms with E-state index in [1.807, 2.05) is 0 Å². The van der Waals surface area contributed by atoms with Gasteiger partial charge < -0.3 is 5.32 Å². The van der Waals surface area contributed by atoms with Crippen molar-refractivity contribution >= 4 is 34.6 Å². The summed E-state index contributed by atoms with van der Waals surface area (Å²) in [7, 11) is 0. The average molecular weight is 262 g/mol. The lowest BCUT2D eigenvalue weighted by atomic mass is 10.3. The van der Waals surface area contributed by atoms with E-state index in [9.17, 15) is 4.79 Å². The summed E-state index contributed by atoms with van der Waals surface area (Å²) in [5.74, 6) is -0.221. The molecule has 0 radical (unpaired) electrons. The molecular weight excluding hydrogens is 254 g/mol. The molecule has 0 aliphatic rings. The first kappa shape index (κ1) is 13.5. The highest BCUT2D eigenvalue weighted by molar-refractivity contribution is 6.33. The van der Waals surface area contributed by atoms with Crippen molar-refractivity contribution in [1.82, 2.24) is 0 Å². The smallest absolute Gasteiger partial charge is 0.237 e. The molecule has 18 heavy (non-hydrogen) atoms. The van der Waals surface area contributed by atoms with Gasteiger partial charge in [0.05, 0.1) is 10.7 Å². The van der Waals surface area contributed by atoms with E-state index in [1.165, 1.54) is 6.92 Å². The number of nitrogens with zero attached hydrogens (tertiary/aromatic N) is 3. The largest absolute Gasteiger partial charge is 0.326 e. The van der Waals surface area contributed by atoms with Crippen molar-refractivity contribution in [2.75, 3.05) is 10.7 Å². The van der Waals surface area contributed by atoms with Gasteiger partial charge in [0.1, 0.15) is 12.1 Å². The van der Waals surface area contributed by atoms with Gasteiger partial charge in [-0.25, -0.2) is 0 Å². The van der Waals surface area contributed by atoms with E-state index in [4.69, 9.17) is 22.1 Å². The van der Waals surface area contributed by atoms with Crippen LogP contribution in [0.25, 0.3) is 0 Å². The Labute approximate surface area is 108 Å². The van der Waals surface area contributed by atoms with Crippen molar-refractivity contribution in [3.05, 3.63) is 23.2 Å². The van der Waals surface area contributed by atoms with Crippen LogP contribution >= 0.6 is 11.6 Å². The second kappa shape index (κ2) is 6.24. The molecular formula is C11H8ClN5O. The van der Waals surface area contributed by atoms with Gasteiger partial charge in [0.2, 0.25) is 11.6 Å². The Kier molecular flexibility index (Phi) is 4.67. The van der Waals surface area contributed by atoms with Crippen molar-refractivity contribution in [1.29, 1.82) is 10.5 Å². The third-order valence-electron chi connectivity index (χ3n) is 1.79. The Balaban J connectivity index is 2.96. The van der Waals surface area contributed by atoms with E-state index < -0.39 is 0 Å². The zero-order valence-corrected chi connectivity index (χ0v) is 10.1. The normalized spacial score (nSPS) is 8.67. The number of rotatable bonds is 3. The third-order valence-corrected chi connectivity index (χ3v) is 2.12. The van der Waals surface area contributed by atoms with Gasteiger partial charge in [0.25, 0.3) is 0 Å². The number of hydrogen-bond acceptors (Lipinski definition) is 5. The van der Waals surface area contributed by atoms with Crippen LogP contribution in [0.3, 0.4) is 0 Å². The topological polar surface area (TPSA) is 101 Å². The van der Waals surface area contributed by atoms with E-state index in [2.05, 4.69) is 15.8 Å². The van der Waals surface area contributed by atoms with Gasteiger partial charge in [-0.15, -0.1) is 0 Å². The molecule has 1 amide bonds. The Hall–Kier alpha value is -2.57. The van der Waals surface area contributed by atoms with Crippen molar-refractivity contribution < 1.29 is 4.79 Å². The maximum atomic E-state index is 10.9. The predicted molar refractivity (Wildman–Crippen MR) is 68.0 cm³/mol. The lowest BCUT2D eigenvalue weighted by Crippen LogP contribution is -2.06. The molecule has 0 heterocycles. The Morgan fingerprint density at radius 2 is 2.06 bits per heavy atom. The molecule has 0 bridgehead atoms. The molecule has 2 N–H and O–H groups in total. The summed E-state index contributed by atoms with van der Waals surface area (Å²) in [5, 5.41) is 23.5. The molecule has 0 aromatic heterocycles. The molecule has 0 atom stereocenters. The number of nitriles is 2. The SMILES string of the molecule is CC(=O)Nc1ccc(Cl)c(NN=C(C#N)C#N)c1. The second-order valence-corrected chi connectivity index (χ2v) is 3.58. The van der Waals surface area contributed by atoms with Gasteiger partial charge in [-0.05, 0) is 18.2 Å². The average Bonchev–Trinajstić information content (AvgIpc) is 2.33. The van der Waals surface area contributed by atoms with Crippen LogP contribution in [0.2, 0.25) is 5.02 Å². The molecule has 0 aliphatic carbocycles. The Morgan fingerprint density at radius 3 is 2.61 bits per heavy atom. The van der Waals surface area contributed by atoms with Crippen molar-refractivity contribution in [3.63, 3.8) is 0 Å². The lowest BCUT2D eigenvalue weighted by molar-refractivity contribution is -0.114. The molecule has 90 valence electrons. The summed E-state index contributed by atoms with van der Waals surface area (Å²) < 4.78 is 0. The molecule has 0 aliphatic heterocycles. The number of carbonyl (C=O) groups excluding carboxylic acids is 1. The van der Waals surface area contributed by atoms with Gasteiger partial charge in [-0.3, -0.25) is 10.2 Å². The summed E-state index contributed by atoms with van der Waals surface area (Å²) in [5.41, 5.74) is 3.07. The number of nitrogens with one attached hydrogen (secondary N) is 2. The molecule has 6 nitrogen and oxygen atoms in total. The third kappa shape index (κ3) is 3.78. The van der Waals surface area contributed by atoms with E-state index in [0.717, 1.165) is 0 Å².